The molecule has 0 unspecified atom stereocenters. The molecule has 0 atom stereocenters. The first-order valence-electron chi connectivity index (χ1n) is 5.60. The van der Waals surface area contributed by atoms with Gasteiger partial charge in [-0.25, -0.2) is 0 Å². The van der Waals surface area contributed by atoms with Crippen LogP contribution in [0.25, 0.3) is 11.0 Å². The minimum atomic E-state index is -0.199. The fourth-order valence-corrected chi connectivity index (χ4v) is 1.48. The zero-order valence-electron chi connectivity index (χ0n) is 10.2. The maximum atomic E-state index is 10.1. The Balaban J connectivity index is 0.000000147. The SMILES string of the molecule is O=Cc1ccc(O)cc1O.Oc1ccc2cnoc2c1. The molecule has 0 aliphatic carbocycles. The van der Waals surface area contributed by atoms with E-state index in [9.17, 15) is 4.79 Å². The zero-order chi connectivity index (χ0) is 14.5. The molecule has 0 bridgehead atoms. The third-order valence-corrected chi connectivity index (χ3v) is 2.48. The summed E-state index contributed by atoms with van der Waals surface area (Å²) in [6.07, 6.45) is 2.13. The van der Waals surface area contributed by atoms with Crippen molar-refractivity contribution < 1.29 is 24.6 Å². The van der Waals surface area contributed by atoms with E-state index in [1.807, 2.05) is 0 Å². The van der Waals surface area contributed by atoms with Gasteiger partial charge in [-0.3, -0.25) is 4.79 Å². The molecule has 2 aromatic carbocycles. The van der Waals surface area contributed by atoms with E-state index in [1.165, 1.54) is 18.2 Å². The number of carbonyl (C=O) groups excluding carboxylic acids is 1. The quantitative estimate of drug-likeness (QED) is 0.588. The summed E-state index contributed by atoms with van der Waals surface area (Å²) in [5.41, 5.74) is 0.790. The number of aromatic hydroxyl groups is 3. The standard InChI is InChI=1S/C7H5NO2.C7H6O3/c9-6-2-1-5-4-8-10-7(5)3-6;8-4-5-1-2-6(9)3-7(5)10/h1-4,9H;1-4,9-10H. The number of phenols is 3. The number of nitrogens with zero attached hydrogens (tertiary/aromatic N) is 1. The second kappa shape index (κ2) is 5.75. The van der Waals surface area contributed by atoms with Crippen molar-refractivity contribution in [3.05, 3.63) is 48.2 Å². The van der Waals surface area contributed by atoms with Crippen LogP contribution in [0.1, 0.15) is 10.4 Å². The molecule has 3 aromatic rings. The normalized spacial score (nSPS) is 9.80. The predicted octanol–water partition coefficient (Wildman–Crippen LogP) is 2.44. The minimum Gasteiger partial charge on any atom is -0.508 e. The van der Waals surface area contributed by atoms with Crippen molar-refractivity contribution in [2.45, 2.75) is 0 Å². The molecule has 0 fully saturated rings. The highest BCUT2D eigenvalue weighted by Gasteiger charge is 1.98. The van der Waals surface area contributed by atoms with E-state index in [2.05, 4.69) is 5.16 Å². The molecule has 0 aliphatic heterocycles. The van der Waals surface area contributed by atoms with Crippen LogP contribution in [0.5, 0.6) is 17.2 Å². The molecule has 6 nitrogen and oxygen atoms in total. The van der Waals surface area contributed by atoms with Gasteiger partial charge in [0.2, 0.25) is 0 Å². The Bertz CT molecular complexity index is 735. The Morgan fingerprint density at radius 2 is 1.70 bits per heavy atom. The summed E-state index contributed by atoms with van der Waals surface area (Å²) in [5, 5.41) is 31.1. The van der Waals surface area contributed by atoms with E-state index in [-0.39, 0.29) is 22.8 Å². The lowest BCUT2D eigenvalue weighted by atomic mass is 10.2. The van der Waals surface area contributed by atoms with E-state index >= 15 is 0 Å². The van der Waals surface area contributed by atoms with Crippen LogP contribution in [0.15, 0.2) is 47.1 Å². The predicted molar refractivity (Wildman–Crippen MR) is 70.8 cm³/mol. The van der Waals surface area contributed by atoms with Gasteiger partial charge in [0.25, 0.3) is 0 Å². The number of rotatable bonds is 1. The summed E-state index contributed by atoms with van der Waals surface area (Å²) >= 11 is 0. The molecule has 0 aliphatic rings. The fourth-order valence-electron chi connectivity index (χ4n) is 1.48. The molecule has 3 rings (SSSR count). The highest BCUT2D eigenvalue weighted by molar-refractivity contribution is 5.79. The van der Waals surface area contributed by atoms with Gasteiger partial charge in [-0.2, -0.15) is 0 Å². The van der Waals surface area contributed by atoms with Gasteiger partial charge in [0, 0.05) is 17.5 Å². The van der Waals surface area contributed by atoms with Gasteiger partial charge in [0.1, 0.15) is 17.2 Å². The second-order valence-corrected chi connectivity index (χ2v) is 3.91. The Morgan fingerprint density at radius 1 is 1.00 bits per heavy atom. The molecule has 6 heteroatoms. The van der Waals surface area contributed by atoms with Gasteiger partial charge in [0.15, 0.2) is 11.9 Å². The molecular formula is C14H11NO5. The van der Waals surface area contributed by atoms with Crippen LogP contribution in [0.2, 0.25) is 0 Å². The van der Waals surface area contributed by atoms with Crippen molar-refractivity contribution in [1.82, 2.24) is 5.16 Å². The minimum absolute atomic E-state index is 0.0527. The van der Waals surface area contributed by atoms with Crippen molar-refractivity contribution >= 4 is 17.3 Å². The van der Waals surface area contributed by atoms with Crippen LogP contribution in [0.3, 0.4) is 0 Å². The van der Waals surface area contributed by atoms with Crippen LogP contribution in [0.4, 0.5) is 0 Å². The molecule has 0 saturated carbocycles. The first kappa shape index (κ1) is 13.4. The second-order valence-electron chi connectivity index (χ2n) is 3.91. The first-order valence-corrected chi connectivity index (χ1v) is 5.60. The number of hydrogen-bond donors (Lipinski definition) is 3. The maximum Gasteiger partial charge on any atom is 0.170 e. The lowest BCUT2D eigenvalue weighted by molar-refractivity contribution is 0.112. The summed E-state index contributed by atoms with van der Waals surface area (Å²) in [4.78, 5) is 10.1. The van der Waals surface area contributed by atoms with Crippen LogP contribution >= 0.6 is 0 Å². The molecular weight excluding hydrogens is 262 g/mol. The highest BCUT2D eigenvalue weighted by Crippen LogP contribution is 2.20. The van der Waals surface area contributed by atoms with Gasteiger partial charge in [0.05, 0.1) is 11.8 Å². The van der Waals surface area contributed by atoms with E-state index < -0.39 is 0 Å². The third-order valence-electron chi connectivity index (χ3n) is 2.48. The molecule has 0 amide bonds. The smallest absolute Gasteiger partial charge is 0.170 e. The number of aldehydes is 1. The number of hydrogen-bond acceptors (Lipinski definition) is 6. The Kier molecular flexibility index (Phi) is 3.85. The van der Waals surface area contributed by atoms with Crippen molar-refractivity contribution in [2.75, 3.05) is 0 Å². The van der Waals surface area contributed by atoms with Crippen molar-refractivity contribution in [3.63, 3.8) is 0 Å². The van der Waals surface area contributed by atoms with Gasteiger partial charge in [-0.05, 0) is 24.3 Å². The van der Waals surface area contributed by atoms with E-state index in [4.69, 9.17) is 19.8 Å². The molecule has 0 saturated heterocycles. The molecule has 20 heavy (non-hydrogen) atoms. The Morgan fingerprint density at radius 3 is 2.40 bits per heavy atom. The van der Waals surface area contributed by atoms with Gasteiger partial charge in [-0.1, -0.05) is 5.16 Å². The molecule has 102 valence electrons. The summed E-state index contributed by atoms with van der Waals surface area (Å²) < 4.78 is 4.79. The van der Waals surface area contributed by atoms with Gasteiger partial charge in [-0.15, -0.1) is 0 Å². The van der Waals surface area contributed by atoms with Crippen LogP contribution in [-0.4, -0.2) is 26.8 Å². The first-order chi connectivity index (χ1) is 9.60. The summed E-state index contributed by atoms with van der Waals surface area (Å²) in [7, 11) is 0. The summed E-state index contributed by atoms with van der Waals surface area (Å²) in [6, 6.07) is 8.67. The average molecular weight is 273 g/mol. The topological polar surface area (TPSA) is 104 Å². The largest absolute Gasteiger partial charge is 0.508 e. The van der Waals surface area contributed by atoms with E-state index in [0.717, 1.165) is 11.5 Å². The highest BCUT2D eigenvalue weighted by atomic mass is 16.5. The lowest BCUT2D eigenvalue weighted by Crippen LogP contribution is -1.78. The molecule has 1 aromatic heterocycles. The molecule has 0 radical (unpaired) electrons. The lowest BCUT2D eigenvalue weighted by Gasteiger charge is -1.95. The molecule has 0 spiro atoms. The number of carbonyl (C=O) groups is 1. The number of benzene rings is 2. The molecule has 1 heterocycles. The fraction of sp³-hybridized carbons (Fsp3) is 0. The number of fused-ring (bicyclic) bond motifs is 1. The summed E-state index contributed by atoms with van der Waals surface area (Å²) in [5.74, 6) is -0.0534. The zero-order valence-corrected chi connectivity index (χ0v) is 10.2. The van der Waals surface area contributed by atoms with Crippen molar-refractivity contribution in [2.24, 2.45) is 0 Å². The maximum absolute atomic E-state index is 10.1. The number of phenolic OH excluding ortho intramolecular Hbond substituents is 3. The number of aromatic nitrogens is 1. The van der Waals surface area contributed by atoms with Crippen LogP contribution in [-0.2, 0) is 0 Å². The Hall–Kier alpha value is -3.02. The third kappa shape index (κ3) is 3.05. The Labute approximate surface area is 113 Å². The summed E-state index contributed by atoms with van der Waals surface area (Å²) in [6.45, 7) is 0. The average Bonchev–Trinajstić information content (AvgIpc) is 2.87. The van der Waals surface area contributed by atoms with Gasteiger partial charge < -0.3 is 19.8 Å². The van der Waals surface area contributed by atoms with E-state index in [0.29, 0.717) is 11.9 Å². The van der Waals surface area contributed by atoms with E-state index in [1.54, 1.807) is 18.3 Å². The monoisotopic (exact) mass is 273 g/mol. The van der Waals surface area contributed by atoms with Crippen LogP contribution < -0.4 is 0 Å². The molecule has 3 N–H and O–H groups in total. The van der Waals surface area contributed by atoms with Crippen molar-refractivity contribution in [3.8, 4) is 17.2 Å². The van der Waals surface area contributed by atoms with Crippen LogP contribution in [0, 0.1) is 0 Å². The van der Waals surface area contributed by atoms with Gasteiger partial charge >= 0.3 is 0 Å². The van der Waals surface area contributed by atoms with Crippen molar-refractivity contribution in [1.29, 1.82) is 0 Å².